The molecule has 2 N–H and O–H groups in total. The molecule has 2 saturated carbocycles. The molecule has 17 rings (SSSR count). The summed E-state index contributed by atoms with van der Waals surface area (Å²) in [6, 6.07) is 7.98. The van der Waals surface area contributed by atoms with E-state index in [0.717, 1.165) is 105 Å². The minimum absolute atomic E-state index is 0. The maximum atomic E-state index is 14.9. The highest BCUT2D eigenvalue weighted by atomic mass is 35.5. The first-order chi connectivity index (χ1) is 41.0. The van der Waals surface area contributed by atoms with Crippen molar-refractivity contribution in [1.29, 1.82) is 0 Å². The summed E-state index contributed by atoms with van der Waals surface area (Å²) in [5, 5.41) is 3.31. The van der Waals surface area contributed by atoms with Crippen LogP contribution in [0.15, 0.2) is 41.5 Å². The first-order valence-electron chi connectivity index (χ1n) is 28.8. The van der Waals surface area contributed by atoms with Gasteiger partial charge in [0.2, 0.25) is 5.24 Å². The van der Waals surface area contributed by atoms with Gasteiger partial charge in [-0.1, -0.05) is 5.11 Å². The Bertz CT molecular complexity index is 3290. The molecule has 3 aromatic carbocycles. The first-order valence-corrected chi connectivity index (χ1v) is 29.2. The molecule has 454 valence electrons. The van der Waals surface area contributed by atoms with Crippen molar-refractivity contribution in [3.8, 4) is 17.2 Å². The molecule has 3 amide bonds. The minimum Gasteiger partial charge on any atom is -0.489 e. The SMILES string of the molecule is NC[C@@H]1OC(=O)N2c3cc(F)c(N4CC5(COC5)C4)cc3OC[C@@H]12.O=C(CC[C@@H]1OC(=O)N2c3cc(F)c(N4CC5(COC5)C4)cc3OC[C@@H]12)C1CC1.O=C(Cl)C1CC1.[HH].[N-]=[N+]=NC[C@@H]1OC(=O)N2c3cc(F)c(N4CC5(COC5)C4)cc3OC[C@@H]12. The molecular weight excluding hydrogens is 1140 g/mol. The Morgan fingerprint density at radius 2 is 0.941 bits per heavy atom. The van der Waals surface area contributed by atoms with E-state index in [9.17, 15) is 37.1 Å². The molecule has 0 unspecified atom stereocenters. The summed E-state index contributed by atoms with van der Waals surface area (Å²) < 4.78 is 93.6. The monoisotopic (exact) mass is 1200 g/mol. The number of azide groups is 1. The van der Waals surface area contributed by atoms with E-state index in [-0.39, 0.29) is 90.6 Å². The van der Waals surface area contributed by atoms with Crippen LogP contribution in [0.2, 0.25) is 0 Å². The fourth-order valence-electron chi connectivity index (χ4n) is 13.3. The summed E-state index contributed by atoms with van der Waals surface area (Å²) in [4.78, 5) is 71.8. The number of cyclic esters (lactones) is 3. The van der Waals surface area contributed by atoms with Gasteiger partial charge in [-0.2, -0.15) is 0 Å². The van der Waals surface area contributed by atoms with E-state index in [1.54, 1.807) is 18.2 Å². The Hall–Kier alpha value is -7.16. The van der Waals surface area contributed by atoms with Gasteiger partial charge >= 0.3 is 18.3 Å². The number of fused-ring (bicyclic) bond motifs is 9. The molecular formula is C57H64ClF3N10O14. The minimum atomic E-state index is -0.608. The third kappa shape index (κ3) is 10.1. The molecule has 3 aromatic rings. The first kappa shape index (κ1) is 55.7. The van der Waals surface area contributed by atoms with Crippen molar-refractivity contribution in [3.05, 3.63) is 64.3 Å². The standard InChI is InChI=1S/C21H23FN2O5.C16H16FN5O4.C16H18FN3O4.C4H5ClO.H2/c22-13-5-15-19(6-14(13)23-8-21(9-23)10-27-11-21)28-7-16-18(29-20(26)24(15)16)4-3-17(25)12-1-2-12;17-9-1-11-13(2-10(9)21-5-16(6-21)7-24-8-16)25-4-12-14(3-19-20-18)26-15(23)22(11)12;17-9-1-11-13(2-10(9)19-5-16(6-19)7-22-8-16)23-4-12-14(3-18)24-15(21)20(11)12;5-4(6)3-1-2-3;/h5-6,12,16,18H,1-4,7-11H2;1-2,12,14H,3-8H2;1-2,12,14H,3-8,18H2;3H,1-2H2;1H/t16-,18-;2*12-,14-;;/m000../s1. The van der Waals surface area contributed by atoms with Crippen LogP contribution in [0.25, 0.3) is 10.4 Å². The van der Waals surface area contributed by atoms with E-state index in [1.165, 1.54) is 32.9 Å². The predicted molar refractivity (Wildman–Crippen MR) is 297 cm³/mol. The topological polar surface area (TPSA) is 263 Å². The summed E-state index contributed by atoms with van der Waals surface area (Å²) in [7, 11) is 0. The van der Waals surface area contributed by atoms with Crippen LogP contribution < -0.4 is 49.3 Å². The average molecular weight is 1210 g/mol. The number of Topliss-reactive ketones (excluding diaryl/α,β-unsaturated/α-hetero) is 1. The lowest BCUT2D eigenvalue weighted by atomic mass is 9.77. The van der Waals surface area contributed by atoms with Crippen LogP contribution >= 0.6 is 11.6 Å². The maximum absolute atomic E-state index is 14.9. The summed E-state index contributed by atoms with van der Waals surface area (Å²) in [5.74, 6) is 0.979. The number of hydrogen-bond donors (Lipinski definition) is 1. The summed E-state index contributed by atoms with van der Waals surface area (Å²) >= 11 is 5.04. The van der Waals surface area contributed by atoms with E-state index in [4.69, 9.17) is 65.5 Å². The molecule has 0 radical (unpaired) electrons. The molecule has 3 spiro atoms. The van der Waals surface area contributed by atoms with E-state index >= 15 is 0 Å². The Kier molecular flexibility index (Phi) is 14.0. The second kappa shape index (κ2) is 21.4. The molecule has 14 aliphatic rings. The molecule has 12 heterocycles. The van der Waals surface area contributed by atoms with Crippen molar-refractivity contribution in [2.45, 2.75) is 75.0 Å². The van der Waals surface area contributed by atoms with Crippen LogP contribution in [0.3, 0.4) is 0 Å². The van der Waals surface area contributed by atoms with Gasteiger partial charge in [0.1, 0.15) is 96.7 Å². The zero-order valence-electron chi connectivity index (χ0n) is 46.2. The molecule has 11 fully saturated rings. The lowest BCUT2D eigenvalue weighted by Gasteiger charge is -2.56. The van der Waals surface area contributed by atoms with Gasteiger partial charge in [0.15, 0.2) is 0 Å². The number of carbonyl (C=O) groups is 5. The number of hydrogen-bond acceptors (Lipinski definition) is 19. The highest BCUT2D eigenvalue weighted by Gasteiger charge is 2.55. The second-order valence-electron chi connectivity index (χ2n) is 24.9. The zero-order valence-corrected chi connectivity index (χ0v) is 46.9. The molecule has 85 heavy (non-hydrogen) atoms. The Morgan fingerprint density at radius 3 is 1.27 bits per heavy atom. The molecule has 2 aliphatic carbocycles. The quantitative estimate of drug-likeness (QED) is 0.0690. The van der Waals surface area contributed by atoms with E-state index < -0.39 is 48.5 Å². The van der Waals surface area contributed by atoms with Crippen LogP contribution in [0, 0.1) is 45.5 Å². The third-order valence-corrected chi connectivity index (χ3v) is 18.8. The number of amides is 3. The van der Waals surface area contributed by atoms with E-state index in [0.29, 0.717) is 70.8 Å². The molecule has 28 heteroatoms. The van der Waals surface area contributed by atoms with Crippen molar-refractivity contribution in [3.63, 3.8) is 0 Å². The average Bonchev–Trinajstić information content (AvgIpc) is 0.984. The van der Waals surface area contributed by atoms with Crippen molar-refractivity contribution in [2.75, 3.05) is 141 Å². The van der Waals surface area contributed by atoms with E-state index in [2.05, 4.69) is 10.0 Å². The number of ether oxygens (including phenoxy) is 9. The zero-order chi connectivity index (χ0) is 58.7. The van der Waals surface area contributed by atoms with Gasteiger partial charge in [0, 0.05) is 107 Å². The highest BCUT2D eigenvalue weighted by molar-refractivity contribution is 6.64. The fraction of sp³-hybridized carbons (Fsp3) is 0.596. The van der Waals surface area contributed by atoms with Crippen LogP contribution in [0.1, 0.15) is 40.0 Å². The largest absolute Gasteiger partial charge is 0.489 e. The fourth-order valence-corrected chi connectivity index (χ4v) is 13.5. The van der Waals surface area contributed by atoms with Gasteiger partial charge in [-0.3, -0.25) is 24.3 Å². The van der Waals surface area contributed by atoms with Crippen molar-refractivity contribution in [2.24, 2.45) is 38.9 Å². The number of nitrogens with two attached hydrogens (primary N) is 1. The Morgan fingerprint density at radius 1 is 0.576 bits per heavy atom. The summed E-state index contributed by atoms with van der Waals surface area (Å²) in [6.07, 6.45) is 1.86. The molecule has 24 nitrogen and oxygen atoms in total. The number of carbonyl (C=O) groups excluding carboxylic acids is 5. The van der Waals surface area contributed by atoms with Gasteiger partial charge < -0.3 is 63.1 Å². The van der Waals surface area contributed by atoms with Crippen molar-refractivity contribution in [1.82, 2.24) is 0 Å². The Balaban J connectivity index is 0.000000114. The van der Waals surface area contributed by atoms with Crippen molar-refractivity contribution < 1.29 is 81.2 Å². The Labute approximate surface area is 491 Å². The molecule has 0 bridgehead atoms. The van der Waals surface area contributed by atoms with Crippen LogP contribution in [0.4, 0.5) is 61.7 Å². The van der Waals surface area contributed by atoms with Gasteiger partial charge in [0.25, 0.3) is 0 Å². The van der Waals surface area contributed by atoms with E-state index in [1.807, 2.05) is 14.7 Å². The normalized spacial score (nSPS) is 28.0. The second-order valence-corrected chi connectivity index (χ2v) is 25.3. The number of anilines is 6. The molecule has 0 aromatic heterocycles. The molecule has 9 saturated heterocycles. The van der Waals surface area contributed by atoms with Crippen LogP contribution in [0.5, 0.6) is 17.2 Å². The summed E-state index contributed by atoms with van der Waals surface area (Å²) in [6.45, 7) is 10.0. The lowest BCUT2D eigenvalue weighted by molar-refractivity contribution is -0.127. The third-order valence-electron chi connectivity index (χ3n) is 18.5. The van der Waals surface area contributed by atoms with Gasteiger partial charge in [0.05, 0.1) is 96.6 Å². The number of nitrogens with zero attached hydrogens (tertiary/aromatic N) is 9. The van der Waals surface area contributed by atoms with Gasteiger partial charge in [-0.25, -0.2) is 27.6 Å². The highest BCUT2D eigenvalue weighted by Crippen LogP contribution is 2.50. The summed E-state index contributed by atoms with van der Waals surface area (Å²) in [5.41, 5.74) is 17.3. The lowest BCUT2D eigenvalue weighted by Crippen LogP contribution is -2.66. The molecule has 12 aliphatic heterocycles. The smallest absolute Gasteiger partial charge is 0.415 e. The number of benzene rings is 3. The van der Waals surface area contributed by atoms with Gasteiger partial charge in [-0.15, -0.1) is 0 Å². The maximum Gasteiger partial charge on any atom is 0.415 e. The number of halogens is 4. The van der Waals surface area contributed by atoms with Crippen molar-refractivity contribution >= 4 is 75.0 Å². The number of rotatable bonds is 11. The number of ketones is 1. The van der Waals surface area contributed by atoms with Crippen LogP contribution in [-0.2, 0) is 38.0 Å². The van der Waals surface area contributed by atoms with Gasteiger partial charge in [-0.05, 0) is 49.2 Å². The predicted octanol–water partition coefficient (Wildman–Crippen LogP) is 6.68. The molecule has 6 atom stereocenters. The van der Waals surface area contributed by atoms with Crippen LogP contribution in [-0.4, -0.2) is 178 Å².